The van der Waals surface area contributed by atoms with Crippen LogP contribution in [-0.4, -0.2) is 24.7 Å². The summed E-state index contributed by atoms with van der Waals surface area (Å²) in [6.45, 7) is 0.717. The molecule has 0 spiro atoms. The lowest BCUT2D eigenvalue weighted by Crippen LogP contribution is -2.17. The van der Waals surface area contributed by atoms with Crippen molar-refractivity contribution in [3.05, 3.63) is 76.8 Å². The van der Waals surface area contributed by atoms with Crippen molar-refractivity contribution in [2.45, 2.75) is 13.2 Å². The van der Waals surface area contributed by atoms with Gasteiger partial charge in [-0.3, -0.25) is 4.79 Å². The summed E-state index contributed by atoms with van der Waals surface area (Å²) >= 11 is 1.62. The summed E-state index contributed by atoms with van der Waals surface area (Å²) in [4.78, 5) is 13.1. The van der Waals surface area contributed by atoms with Crippen LogP contribution >= 0.6 is 11.3 Å². The van der Waals surface area contributed by atoms with Crippen LogP contribution in [0.15, 0.2) is 60.0 Å². The highest BCUT2D eigenvalue weighted by Gasteiger charge is 2.17. The van der Waals surface area contributed by atoms with Crippen LogP contribution in [0.3, 0.4) is 0 Å². The number of carbonyl (C=O) groups is 1. The van der Waals surface area contributed by atoms with Crippen molar-refractivity contribution >= 4 is 33.1 Å². The predicted octanol–water partition coefficient (Wildman–Crippen LogP) is 5.23. The summed E-state index contributed by atoms with van der Waals surface area (Å²) in [5.74, 6) is 1.32. The normalized spacial score (nSPS) is 10.9. The van der Waals surface area contributed by atoms with E-state index in [0.29, 0.717) is 30.3 Å². The Morgan fingerprint density at radius 1 is 1.03 bits per heavy atom. The largest absolute Gasteiger partial charge is 0.497 e. The third-order valence-corrected chi connectivity index (χ3v) is 6.01. The molecule has 160 valence electrons. The highest BCUT2D eigenvalue weighted by Crippen LogP contribution is 2.27. The molecule has 1 N–H and O–H groups in total. The van der Waals surface area contributed by atoms with Gasteiger partial charge in [-0.2, -0.15) is 0 Å². The number of methoxy groups -OCH3 is 2. The average molecular weight is 437 g/mol. The first-order valence-corrected chi connectivity index (χ1v) is 10.7. The van der Waals surface area contributed by atoms with E-state index in [1.165, 1.54) is 0 Å². The molecule has 7 heteroatoms. The first-order valence-electron chi connectivity index (χ1n) is 9.81. The highest BCUT2D eigenvalue weighted by molar-refractivity contribution is 7.17. The molecule has 2 heterocycles. The quantitative estimate of drug-likeness (QED) is 0.411. The summed E-state index contributed by atoms with van der Waals surface area (Å²) in [6.07, 6.45) is 0. The number of hydrogen-bond donors (Lipinski definition) is 1. The third-order valence-electron chi connectivity index (χ3n) is 5.16. The van der Waals surface area contributed by atoms with E-state index in [1.54, 1.807) is 25.6 Å². The van der Waals surface area contributed by atoms with Crippen molar-refractivity contribution in [2.24, 2.45) is 7.05 Å². The Hall–Kier alpha value is -3.29. The van der Waals surface area contributed by atoms with E-state index in [1.807, 2.05) is 71.6 Å². The maximum Gasteiger partial charge on any atom is 0.272 e. The zero-order valence-corrected chi connectivity index (χ0v) is 18.5. The van der Waals surface area contributed by atoms with Crippen molar-refractivity contribution in [1.82, 2.24) is 4.57 Å². The smallest absolute Gasteiger partial charge is 0.272 e. The van der Waals surface area contributed by atoms with E-state index >= 15 is 0 Å². The molecule has 0 atom stereocenters. The van der Waals surface area contributed by atoms with Gasteiger partial charge in [-0.15, -0.1) is 11.3 Å². The second kappa shape index (κ2) is 9.24. The molecule has 0 saturated carbocycles. The van der Waals surface area contributed by atoms with Crippen molar-refractivity contribution < 1.29 is 19.0 Å². The van der Waals surface area contributed by atoms with Crippen molar-refractivity contribution in [2.75, 3.05) is 19.5 Å². The second-order valence-electron chi connectivity index (χ2n) is 7.05. The van der Waals surface area contributed by atoms with Crippen molar-refractivity contribution in [3.63, 3.8) is 0 Å². The first kappa shape index (κ1) is 21.0. The standard InChI is InChI=1S/C24H24N2O4S/c1-26-21-11-12-31-23(21)13-22(26)24(27)25-20-6-4-5-16(14-28-2)19(20)15-30-18-9-7-17(29-3)8-10-18/h4-13H,14-15H2,1-3H3,(H,25,27). The number of ether oxygens (including phenoxy) is 3. The summed E-state index contributed by atoms with van der Waals surface area (Å²) in [5.41, 5.74) is 4.20. The lowest BCUT2D eigenvalue weighted by Gasteiger charge is -2.16. The van der Waals surface area contributed by atoms with E-state index < -0.39 is 0 Å². The topological polar surface area (TPSA) is 61.7 Å². The Labute approximate surface area is 185 Å². The van der Waals surface area contributed by atoms with Gasteiger partial charge >= 0.3 is 0 Å². The number of thiophene rings is 1. The molecule has 4 rings (SSSR count). The Kier molecular flexibility index (Phi) is 6.25. The van der Waals surface area contributed by atoms with E-state index in [9.17, 15) is 4.79 Å². The van der Waals surface area contributed by atoms with E-state index in [-0.39, 0.29) is 5.91 Å². The molecule has 31 heavy (non-hydrogen) atoms. The van der Waals surface area contributed by atoms with Gasteiger partial charge in [-0.25, -0.2) is 0 Å². The number of carbonyl (C=O) groups excluding carboxylic acids is 1. The average Bonchev–Trinajstić information content (AvgIpc) is 3.37. The molecule has 1 amide bonds. The fraction of sp³-hybridized carbons (Fsp3) is 0.208. The monoisotopic (exact) mass is 436 g/mol. The molecule has 0 aliphatic carbocycles. The van der Waals surface area contributed by atoms with Gasteiger partial charge in [0.15, 0.2) is 0 Å². The highest BCUT2D eigenvalue weighted by atomic mass is 32.1. The van der Waals surface area contributed by atoms with Gasteiger partial charge in [0.2, 0.25) is 0 Å². The predicted molar refractivity (Wildman–Crippen MR) is 123 cm³/mol. The van der Waals surface area contributed by atoms with Gasteiger partial charge in [0.1, 0.15) is 23.8 Å². The van der Waals surface area contributed by atoms with Crippen LogP contribution in [0.25, 0.3) is 10.2 Å². The molecule has 6 nitrogen and oxygen atoms in total. The number of nitrogens with one attached hydrogen (secondary N) is 1. The molecule has 2 aromatic heterocycles. The molecule has 0 saturated heterocycles. The zero-order chi connectivity index (χ0) is 21.8. The zero-order valence-electron chi connectivity index (χ0n) is 17.7. The van der Waals surface area contributed by atoms with E-state index in [2.05, 4.69) is 5.32 Å². The van der Waals surface area contributed by atoms with Crippen molar-refractivity contribution in [1.29, 1.82) is 0 Å². The van der Waals surface area contributed by atoms with Crippen LogP contribution in [0.4, 0.5) is 5.69 Å². The Balaban J connectivity index is 1.58. The van der Waals surface area contributed by atoms with Crippen LogP contribution in [0.5, 0.6) is 11.5 Å². The van der Waals surface area contributed by atoms with E-state index in [4.69, 9.17) is 14.2 Å². The Morgan fingerprint density at radius 3 is 2.52 bits per heavy atom. The third kappa shape index (κ3) is 4.42. The SMILES string of the molecule is COCc1cccc(NC(=O)c2cc3sccc3n2C)c1COc1ccc(OC)cc1. The fourth-order valence-electron chi connectivity index (χ4n) is 3.49. The van der Waals surface area contributed by atoms with Crippen molar-refractivity contribution in [3.8, 4) is 11.5 Å². The maximum atomic E-state index is 13.1. The lowest BCUT2D eigenvalue weighted by atomic mass is 10.1. The minimum Gasteiger partial charge on any atom is -0.497 e. The molecular formula is C24H24N2O4S. The van der Waals surface area contributed by atoms with Gasteiger partial charge in [0.25, 0.3) is 5.91 Å². The molecule has 0 aliphatic heterocycles. The molecule has 0 bridgehead atoms. The summed E-state index contributed by atoms with van der Waals surface area (Å²) in [7, 11) is 5.18. The van der Waals surface area contributed by atoms with Crippen LogP contribution in [0.2, 0.25) is 0 Å². The molecule has 0 radical (unpaired) electrons. The summed E-state index contributed by atoms with van der Waals surface area (Å²) in [5, 5.41) is 5.08. The molecule has 0 fully saturated rings. The number of fused-ring (bicyclic) bond motifs is 1. The van der Waals surface area contributed by atoms with Crippen LogP contribution < -0.4 is 14.8 Å². The first-order chi connectivity index (χ1) is 15.1. The number of aromatic nitrogens is 1. The number of hydrogen-bond acceptors (Lipinski definition) is 5. The minimum atomic E-state index is -0.161. The molecule has 0 unspecified atom stereocenters. The number of rotatable bonds is 8. The number of anilines is 1. The summed E-state index contributed by atoms with van der Waals surface area (Å²) < 4.78 is 19.5. The van der Waals surface area contributed by atoms with Crippen LogP contribution in [0.1, 0.15) is 21.6 Å². The lowest BCUT2D eigenvalue weighted by molar-refractivity contribution is 0.101. The minimum absolute atomic E-state index is 0.161. The number of amides is 1. The second-order valence-corrected chi connectivity index (χ2v) is 8.00. The molecular weight excluding hydrogens is 412 g/mol. The van der Waals surface area contributed by atoms with E-state index in [0.717, 1.165) is 27.1 Å². The Bertz CT molecular complexity index is 1190. The number of benzene rings is 2. The fourth-order valence-corrected chi connectivity index (χ4v) is 4.34. The van der Waals surface area contributed by atoms with Crippen LogP contribution in [0, 0.1) is 0 Å². The maximum absolute atomic E-state index is 13.1. The Morgan fingerprint density at radius 2 is 1.81 bits per heavy atom. The number of nitrogens with zero attached hydrogens (tertiary/aromatic N) is 1. The summed E-state index contributed by atoms with van der Waals surface area (Å²) in [6, 6.07) is 17.1. The van der Waals surface area contributed by atoms with Gasteiger partial charge in [-0.1, -0.05) is 12.1 Å². The van der Waals surface area contributed by atoms with Crippen LogP contribution in [-0.2, 0) is 25.0 Å². The van der Waals surface area contributed by atoms with Gasteiger partial charge in [-0.05, 0) is 53.4 Å². The van der Waals surface area contributed by atoms with Gasteiger partial charge in [0.05, 0.1) is 23.9 Å². The molecule has 0 aliphatic rings. The molecule has 2 aromatic carbocycles. The van der Waals surface area contributed by atoms with Gasteiger partial charge < -0.3 is 24.1 Å². The number of aryl methyl sites for hydroxylation is 1. The molecule has 4 aromatic rings. The van der Waals surface area contributed by atoms with Gasteiger partial charge in [0, 0.05) is 25.4 Å².